The van der Waals surface area contributed by atoms with Crippen LogP contribution < -0.4 is 10.2 Å². The van der Waals surface area contributed by atoms with Crippen LogP contribution in [0.15, 0.2) is 30.5 Å². The third-order valence-electron chi connectivity index (χ3n) is 3.28. The molecule has 0 unspecified atom stereocenters. The Morgan fingerprint density at radius 1 is 1.36 bits per heavy atom. The van der Waals surface area contributed by atoms with E-state index in [1.54, 1.807) is 25.3 Å². The number of unbranched alkanes of at least 4 members (excludes halogenated alkanes) is 1. The highest BCUT2D eigenvalue weighted by atomic mass is 16.1. The van der Waals surface area contributed by atoms with Crippen molar-refractivity contribution in [2.75, 3.05) is 23.8 Å². The van der Waals surface area contributed by atoms with Gasteiger partial charge < -0.3 is 10.2 Å². The first kappa shape index (κ1) is 15.9. The molecular weight excluding hydrogens is 278 g/mol. The molecule has 1 aromatic heterocycles. The van der Waals surface area contributed by atoms with Gasteiger partial charge in [-0.15, -0.1) is 5.10 Å². The van der Waals surface area contributed by atoms with Crippen molar-refractivity contribution in [3.05, 3.63) is 36.0 Å². The molecule has 0 bridgehead atoms. The summed E-state index contributed by atoms with van der Waals surface area (Å²) in [6, 6.07) is 7.30. The number of carbonyl (C=O) groups is 1. The Morgan fingerprint density at radius 3 is 2.91 bits per heavy atom. The number of ketones is 1. The summed E-state index contributed by atoms with van der Waals surface area (Å²) in [7, 11) is 1.95. The van der Waals surface area contributed by atoms with Gasteiger partial charge >= 0.3 is 0 Å². The van der Waals surface area contributed by atoms with Gasteiger partial charge in [0.05, 0.1) is 6.20 Å². The molecule has 2 aromatic rings. The maximum Gasteiger partial charge on any atom is 0.247 e. The van der Waals surface area contributed by atoms with Crippen molar-refractivity contribution < 1.29 is 4.79 Å². The van der Waals surface area contributed by atoms with Gasteiger partial charge in [-0.3, -0.25) is 4.79 Å². The zero-order chi connectivity index (χ0) is 15.9. The molecule has 0 fully saturated rings. The van der Waals surface area contributed by atoms with Crippen molar-refractivity contribution in [2.45, 2.75) is 26.7 Å². The Kier molecular flexibility index (Phi) is 5.41. The zero-order valence-electron chi connectivity index (χ0n) is 13.2. The SMILES string of the molecule is CCCCN(C)c1nncc(Nc2cccc(C(C)=O)c2)n1. The number of nitrogens with zero attached hydrogens (tertiary/aromatic N) is 4. The van der Waals surface area contributed by atoms with E-state index in [9.17, 15) is 4.79 Å². The number of hydrogen-bond donors (Lipinski definition) is 1. The molecule has 0 saturated heterocycles. The fraction of sp³-hybridized carbons (Fsp3) is 0.375. The summed E-state index contributed by atoms with van der Waals surface area (Å²) in [6.07, 6.45) is 3.77. The van der Waals surface area contributed by atoms with E-state index in [1.807, 2.05) is 24.1 Å². The van der Waals surface area contributed by atoms with Crippen LogP contribution in [0, 0.1) is 0 Å². The van der Waals surface area contributed by atoms with Gasteiger partial charge in [-0.2, -0.15) is 10.1 Å². The highest BCUT2D eigenvalue weighted by molar-refractivity contribution is 5.95. The first-order chi connectivity index (χ1) is 10.6. The molecule has 0 aliphatic carbocycles. The quantitative estimate of drug-likeness (QED) is 0.792. The fourth-order valence-electron chi connectivity index (χ4n) is 1.98. The van der Waals surface area contributed by atoms with E-state index in [-0.39, 0.29) is 5.78 Å². The summed E-state index contributed by atoms with van der Waals surface area (Å²) in [5, 5.41) is 11.2. The second-order valence-corrected chi connectivity index (χ2v) is 5.18. The van der Waals surface area contributed by atoms with E-state index in [2.05, 4.69) is 27.4 Å². The average molecular weight is 299 g/mol. The molecule has 0 amide bonds. The standard InChI is InChI=1S/C16H21N5O/c1-4-5-9-21(3)16-19-15(11-17-20-16)18-14-8-6-7-13(10-14)12(2)22/h6-8,10-11H,4-5,9H2,1-3H3,(H,18,19,20). The monoisotopic (exact) mass is 299 g/mol. The van der Waals surface area contributed by atoms with Gasteiger partial charge in [-0.25, -0.2) is 0 Å². The lowest BCUT2D eigenvalue weighted by atomic mass is 10.1. The summed E-state index contributed by atoms with van der Waals surface area (Å²) >= 11 is 0. The number of Topliss-reactive ketones (excluding diaryl/α,β-unsaturated/α-hetero) is 1. The third kappa shape index (κ3) is 4.25. The molecule has 6 heteroatoms. The second-order valence-electron chi connectivity index (χ2n) is 5.18. The van der Waals surface area contributed by atoms with E-state index in [0.29, 0.717) is 17.3 Å². The van der Waals surface area contributed by atoms with E-state index in [0.717, 1.165) is 25.1 Å². The Hall–Kier alpha value is -2.50. The van der Waals surface area contributed by atoms with Crippen molar-refractivity contribution in [3.63, 3.8) is 0 Å². The van der Waals surface area contributed by atoms with Crippen molar-refractivity contribution in [1.29, 1.82) is 0 Å². The Labute approximate surface area is 130 Å². The summed E-state index contributed by atoms with van der Waals surface area (Å²) < 4.78 is 0. The van der Waals surface area contributed by atoms with Crippen molar-refractivity contribution in [3.8, 4) is 0 Å². The van der Waals surface area contributed by atoms with Gasteiger partial charge in [0.2, 0.25) is 5.95 Å². The number of aromatic nitrogens is 3. The Balaban J connectivity index is 2.13. The molecular formula is C16H21N5O. The largest absolute Gasteiger partial charge is 0.343 e. The van der Waals surface area contributed by atoms with Gasteiger partial charge in [-0.1, -0.05) is 25.5 Å². The van der Waals surface area contributed by atoms with Gasteiger partial charge in [0.25, 0.3) is 0 Å². The second kappa shape index (κ2) is 7.49. The van der Waals surface area contributed by atoms with Crippen LogP contribution in [0.1, 0.15) is 37.0 Å². The molecule has 1 heterocycles. The number of benzene rings is 1. The number of anilines is 3. The molecule has 0 aliphatic rings. The summed E-state index contributed by atoms with van der Waals surface area (Å²) in [4.78, 5) is 17.9. The van der Waals surface area contributed by atoms with Gasteiger partial charge in [-0.05, 0) is 25.5 Å². The minimum Gasteiger partial charge on any atom is -0.343 e. The first-order valence-corrected chi connectivity index (χ1v) is 7.39. The molecule has 0 spiro atoms. The highest BCUT2D eigenvalue weighted by Crippen LogP contribution is 2.17. The molecule has 1 N–H and O–H groups in total. The molecule has 0 radical (unpaired) electrons. The predicted octanol–water partition coefficient (Wildman–Crippen LogP) is 3.05. The molecule has 116 valence electrons. The molecule has 0 atom stereocenters. The Bertz CT molecular complexity index is 644. The van der Waals surface area contributed by atoms with Crippen LogP contribution in [-0.2, 0) is 0 Å². The van der Waals surface area contributed by atoms with Crippen molar-refractivity contribution in [1.82, 2.24) is 15.2 Å². The van der Waals surface area contributed by atoms with Gasteiger partial charge in [0, 0.05) is 24.8 Å². The molecule has 1 aromatic carbocycles. The predicted molar refractivity (Wildman–Crippen MR) is 87.7 cm³/mol. The van der Waals surface area contributed by atoms with Gasteiger partial charge in [0.1, 0.15) is 0 Å². The van der Waals surface area contributed by atoms with E-state index in [1.165, 1.54) is 0 Å². The fourth-order valence-corrected chi connectivity index (χ4v) is 1.98. The van der Waals surface area contributed by atoms with Gasteiger partial charge in [0.15, 0.2) is 11.6 Å². The highest BCUT2D eigenvalue weighted by Gasteiger charge is 2.07. The van der Waals surface area contributed by atoms with Crippen molar-refractivity contribution in [2.24, 2.45) is 0 Å². The van der Waals surface area contributed by atoms with Crippen LogP contribution in [-0.4, -0.2) is 34.6 Å². The number of hydrogen-bond acceptors (Lipinski definition) is 6. The van der Waals surface area contributed by atoms with Crippen LogP contribution in [0.3, 0.4) is 0 Å². The van der Waals surface area contributed by atoms with E-state index >= 15 is 0 Å². The lowest BCUT2D eigenvalue weighted by Crippen LogP contribution is -2.21. The number of nitrogens with one attached hydrogen (secondary N) is 1. The average Bonchev–Trinajstić information content (AvgIpc) is 2.53. The van der Waals surface area contributed by atoms with E-state index in [4.69, 9.17) is 0 Å². The zero-order valence-corrected chi connectivity index (χ0v) is 13.2. The van der Waals surface area contributed by atoms with Crippen LogP contribution in [0.2, 0.25) is 0 Å². The topological polar surface area (TPSA) is 71.0 Å². The summed E-state index contributed by atoms with van der Waals surface area (Å²) in [5.41, 5.74) is 1.46. The lowest BCUT2D eigenvalue weighted by molar-refractivity contribution is 0.101. The smallest absolute Gasteiger partial charge is 0.247 e. The third-order valence-corrected chi connectivity index (χ3v) is 3.28. The summed E-state index contributed by atoms with van der Waals surface area (Å²) in [6.45, 7) is 4.58. The lowest BCUT2D eigenvalue weighted by Gasteiger charge is -2.16. The van der Waals surface area contributed by atoms with E-state index < -0.39 is 0 Å². The normalized spacial score (nSPS) is 10.3. The minimum atomic E-state index is 0.0319. The van der Waals surface area contributed by atoms with Crippen LogP contribution in [0.4, 0.5) is 17.5 Å². The number of rotatable bonds is 7. The molecule has 2 rings (SSSR count). The van der Waals surface area contributed by atoms with Crippen LogP contribution >= 0.6 is 0 Å². The molecule has 0 saturated carbocycles. The maximum absolute atomic E-state index is 11.4. The number of carbonyl (C=O) groups excluding carboxylic acids is 1. The Morgan fingerprint density at radius 2 is 2.18 bits per heavy atom. The van der Waals surface area contributed by atoms with Crippen LogP contribution in [0.5, 0.6) is 0 Å². The van der Waals surface area contributed by atoms with Crippen molar-refractivity contribution >= 4 is 23.2 Å². The minimum absolute atomic E-state index is 0.0319. The molecule has 6 nitrogen and oxygen atoms in total. The molecule has 0 aliphatic heterocycles. The molecule has 22 heavy (non-hydrogen) atoms. The summed E-state index contributed by atoms with van der Waals surface area (Å²) in [5.74, 6) is 1.22. The van der Waals surface area contributed by atoms with Crippen LogP contribution in [0.25, 0.3) is 0 Å². The maximum atomic E-state index is 11.4. The first-order valence-electron chi connectivity index (χ1n) is 7.39.